The lowest BCUT2D eigenvalue weighted by molar-refractivity contribution is 0.391. The average Bonchev–Trinajstić information content (AvgIpc) is 2.64. The summed E-state index contributed by atoms with van der Waals surface area (Å²) in [4.78, 5) is 5.13. The van der Waals surface area contributed by atoms with Crippen molar-refractivity contribution in [1.82, 2.24) is 4.98 Å². The van der Waals surface area contributed by atoms with Crippen molar-refractivity contribution in [2.75, 3.05) is 12.9 Å². The zero-order valence-corrected chi connectivity index (χ0v) is 8.02. The maximum Gasteiger partial charge on any atom is 0.217 e. The lowest BCUT2D eigenvalue weighted by Crippen LogP contribution is -1.95. The molecule has 0 aromatic carbocycles. The van der Waals surface area contributed by atoms with Crippen molar-refractivity contribution in [2.24, 2.45) is 0 Å². The molecule has 0 saturated heterocycles. The monoisotopic (exact) mass is 192 g/mol. The van der Waals surface area contributed by atoms with Gasteiger partial charge in [-0.15, -0.1) is 11.8 Å². The molecule has 4 heteroatoms. The van der Waals surface area contributed by atoms with E-state index in [0.29, 0.717) is 11.4 Å². The van der Waals surface area contributed by atoms with Crippen LogP contribution < -0.4 is 4.74 Å². The van der Waals surface area contributed by atoms with Gasteiger partial charge in [0.25, 0.3) is 0 Å². The second kappa shape index (κ2) is 3.27. The van der Waals surface area contributed by atoms with E-state index in [0.717, 1.165) is 22.6 Å². The molecule has 0 unspecified atom stereocenters. The van der Waals surface area contributed by atoms with Gasteiger partial charge in [0.1, 0.15) is 6.07 Å². The topological polar surface area (TPSA) is 45.9 Å². The van der Waals surface area contributed by atoms with Crippen LogP contribution in [0.2, 0.25) is 0 Å². The van der Waals surface area contributed by atoms with Gasteiger partial charge < -0.3 is 4.74 Å². The molecular weight excluding hydrogens is 184 g/mol. The number of nitrogens with zero attached hydrogens (tertiary/aromatic N) is 2. The molecule has 3 nitrogen and oxygen atoms in total. The van der Waals surface area contributed by atoms with Crippen LogP contribution in [0.5, 0.6) is 5.88 Å². The molecule has 0 bridgehead atoms. The maximum atomic E-state index is 8.82. The molecule has 0 aliphatic carbocycles. The number of fused-ring (bicyclic) bond motifs is 1. The largest absolute Gasteiger partial charge is 0.481 e. The Kier molecular flexibility index (Phi) is 2.11. The third-order valence-corrected chi connectivity index (χ3v) is 3.16. The fourth-order valence-corrected chi connectivity index (χ4v) is 2.54. The molecule has 1 aromatic heterocycles. The maximum absolute atomic E-state index is 8.82. The van der Waals surface area contributed by atoms with Crippen molar-refractivity contribution in [3.63, 3.8) is 0 Å². The van der Waals surface area contributed by atoms with Gasteiger partial charge in [-0.05, 0) is 6.42 Å². The number of rotatable bonds is 1. The first-order valence-corrected chi connectivity index (χ1v) is 4.94. The molecular formula is C9H8N2OS. The fraction of sp³-hybridized carbons (Fsp3) is 0.333. The minimum atomic E-state index is 0.665. The zero-order valence-electron chi connectivity index (χ0n) is 7.20. The number of ether oxygens (including phenoxy) is 1. The van der Waals surface area contributed by atoms with Crippen molar-refractivity contribution in [3.05, 3.63) is 17.3 Å². The molecule has 2 heterocycles. The van der Waals surface area contributed by atoms with Gasteiger partial charge in [0.2, 0.25) is 5.88 Å². The molecule has 0 amide bonds. The SMILES string of the molecule is COc1ncc(C#N)c2c1CCS2. The Morgan fingerprint density at radius 1 is 1.69 bits per heavy atom. The van der Waals surface area contributed by atoms with E-state index in [2.05, 4.69) is 11.1 Å². The number of hydrogen-bond donors (Lipinski definition) is 0. The highest BCUT2D eigenvalue weighted by atomic mass is 32.2. The quantitative estimate of drug-likeness (QED) is 0.678. The van der Waals surface area contributed by atoms with Crippen LogP contribution >= 0.6 is 11.8 Å². The average molecular weight is 192 g/mol. The molecule has 1 aliphatic heterocycles. The first-order valence-electron chi connectivity index (χ1n) is 3.95. The van der Waals surface area contributed by atoms with E-state index in [4.69, 9.17) is 10.00 Å². The summed E-state index contributed by atoms with van der Waals surface area (Å²) in [6.07, 6.45) is 2.53. The minimum Gasteiger partial charge on any atom is -0.481 e. The van der Waals surface area contributed by atoms with E-state index in [1.54, 1.807) is 25.1 Å². The summed E-state index contributed by atoms with van der Waals surface area (Å²) in [7, 11) is 1.61. The number of pyridine rings is 1. The van der Waals surface area contributed by atoms with Crippen molar-refractivity contribution in [3.8, 4) is 11.9 Å². The molecule has 0 saturated carbocycles. The molecule has 0 N–H and O–H groups in total. The number of hydrogen-bond acceptors (Lipinski definition) is 4. The Morgan fingerprint density at radius 3 is 3.23 bits per heavy atom. The Bertz CT molecular complexity index is 384. The molecule has 2 rings (SSSR count). The molecule has 0 spiro atoms. The molecule has 13 heavy (non-hydrogen) atoms. The van der Waals surface area contributed by atoms with Crippen LogP contribution in [-0.4, -0.2) is 17.8 Å². The van der Waals surface area contributed by atoms with Crippen molar-refractivity contribution < 1.29 is 4.74 Å². The minimum absolute atomic E-state index is 0.665. The van der Waals surface area contributed by atoms with Gasteiger partial charge in [-0.1, -0.05) is 0 Å². The summed E-state index contributed by atoms with van der Waals surface area (Å²) in [6, 6.07) is 2.14. The lowest BCUT2D eigenvalue weighted by atomic mass is 10.1. The van der Waals surface area contributed by atoms with Crippen LogP contribution in [0.1, 0.15) is 11.1 Å². The number of methoxy groups -OCH3 is 1. The predicted octanol–water partition coefficient (Wildman–Crippen LogP) is 1.61. The van der Waals surface area contributed by atoms with Crippen molar-refractivity contribution in [1.29, 1.82) is 5.26 Å². The molecule has 0 radical (unpaired) electrons. The van der Waals surface area contributed by atoms with Crippen LogP contribution in [-0.2, 0) is 6.42 Å². The summed E-state index contributed by atoms with van der Waals surface area (Å²) in [5.74, 6) is 1.69. The molecule has 0 fully saturated rings. The van der Waals surface area contributed by atoms with Gasteiger partial charge in [-0.2, -0.15) is 5.26 Å². The molecule has 1 aromatic rings. The standard InChI is InChI=1S/C9H8N2OS/c1-12-9-7-2-3-13-8(7)6(4-10)5-11-9/h5H,2-3H2,1H3. The van der Waals surface area contributed by atoms with Crippen LogP contribution in [0.25, 0.3) is 0 Å². The van der Waals surface area contributed by atoms with Crippen LogP contribution in [0.15, 0.2) is 11.1 Å². The van der Waals surface area contributed by atoms with E-state index in [1.807, 2.05) is 0 Å². The van der Waals surface area contributed by atoms with Crippen molar-refractivity contribution in [2.45, 2.75) is 11.3 Å². The van der Waals surface area contributed by atoms with Crippen LogP contribution in [0.3, 0.4) is 0 Å². The predicted molar refractivity (Wildman–Crippen MR) is 49.9 cm³/mol. The summed E-state index contributed by atoms with van der Waals surface area (Å²) in [5, 5.41) is 8.82. The second-order valence-electron chi connectivity index (χ2n) is 2.70. The lowest BCUT2D eigenvalue weighted by Gasteiger charge is -2.05. The van der Waals surface area contributed by atoms with Gasteiger partial charge in [0.05, 0.1) is 12.7 Å². The van der Waals surface area contributed by atoms with Crippen LogP contribution in [0.4, 0.5) is 0 Å². The smallest absolute Gasteiger partial charge is 0.217 e. The number of aromatic nitrogens is 1. The molecule has 0 atom stereocenters. The summed E-state index contributed by atoms with van der Waals surface area (Å²) >= 11 is 1.71. The molecule has 66 valence electrons. The summed E-state index contributed by atoms with van der Waals surface area (Å²) in [5.41, 5.74) is 1.75. The van der Waals surface area contributed by atoms with Gasteiger partial charge >= 0.3 is 0 Å². The normalized spacial score (nSPS) is 13.5. The van der Waals surface area contributed by atoms with Gasteiger partial charge in [-0.3, -0.25) is 0 Å². The summed E-state index contributed by atoms with van der Waals surface area (Å²) < 4.78 is 5.12. The Hall–Kier alpha value is -1.21. The highest BCUT2D eigenvalue weighted by molar-refractivity contribution is 7.99. The molecule has 1 aliphatic rings. The first-order chi connectivity index (χ1) is 6.36. The highest BCUT2D eigenvalue weighted by Crippen LogP contribution is 2.37. The van der Waals surface area contributed by atoms with Crippen LogP contribution in [0, 0.1) is 11.3 Å². The highest BCUT2D eigenvalue weighted by Gasteiger charge is 2.20. The van der Waals surface area contributed by atoms with Gasteiger partial charge in [-0.25, -0.2) is 4.98 Å². The van der Waals surface area contributed by atoms with E-state index >= 15 is 0 Å². The Labute approximate surface area is 80.7 Å². The number of nitriles is 1. The van der Waals surface area contributed by atoms with E-state index < -0.39 is 0 Å². The Morgan fingerprint density at radius 2 is 2.54 bits per heavy atom. The zero-order chi connectivity index (χ0) is 9.26. The third-order valence-electron chi connectivity index (χ3n) is 2.00. The first kappa shape index (κ1) is 8.39. The Balaban J connectivity index is 2.60. The number of thioether (sulfide) groups is 1. The van der Waals surface area contributed by atoms with Crippen molar-refractivity contribution >= 4 is 11.8 Å². The van der Waals surface area contributed by atoms with Gasteiger partial charge in [0, 0.05) is 22.4 Å². The summed E-state index contributed by atoms with van der Waals surface area (Å²) in [6.45, 7) is 0. The second-order valence-corrected chi connectivity index (χ2v) is 3.80. The van der Waals surface area contributed by atoms with Gasteiger partial charge in [0.15, 0.2) is 0 Å². The van der Waals surface area contributed by atoms with E-state index in [1.165, 1.54) is 0 Å². The van der Waals surface area contributed by atoms with E-state index in [-0.39, 0.29) is 0 Å². The fourth-order valence-electron chi connectivity index (χ4n) is 1.42. The van der Waals surface area contributed by atoms with E-state index in [9.17, 15) is 0 Å². The third kappa shape index (κ3) is 1.25.